The number of nitro benzene ring substituents is 1. The Hall–Kier alpha value is -0.610. The van der Waals surface area contributed by atoms with Crippen LogP contribution in [-0.4, -0.2) is 10.3 Å². The molecule has 82 valence electrons. The lowest BCUT2D eigenvalue weighted by molar-refractivity contribution is -0.384. The molecule has 1 aromatic carbocycles. The molecule has 0 spiro atoms. The molecule has 5 heteroatoms. The predicted molar refractivity (Wildman–Crippen MR) is 64.5 cm³/mol. The molecule has 1 rings (SSSR count). The van der Waals surface area contributed by atoms with Gasteiger partial charge in [-0.15, -0.1) is 11.6 Å². The first-order valence-corrected chi connectivity index (χ1v) is 5.74. The van der Waals surface area contributed by atoms with Crippen LogP contribution < -0.4 is 0 Å². The van der Waals surface area contributed by atoms with Crippen LogP contribution in [0.1, 0.15) is 25.3 Å². The van der Waals surface area contributed by atoms with E-state index in [2.05, 4.69) is 15.9 Å². The highest BCUT2D eigenvalue weighted by Crippen LogP contribution is 2.31. The number of rotatable bonds is 3. The van der Waals surface area contributed by atoms with Gasteiger partial charge in [0.05, 0.1) is 4.92 Å². The summed E-state index contributed by atoms with van der Waals surface area (Å²) in [7, 11) is 0. The van der Waals surface area contributed by atoms with Crippen molar-refractivity contribution in [1.82, 2.24) is 0 Å². The van der Waals surface area contributed by atoms with Crippen molar-refractivity contribution in [3.8, 4) is 0 Å². The van der Waals surface area contributed by atoms with E-state index in [1.54, 1.807) is 6.07 Å². The van der Waals surface area contributed by atoms with Gasteiger partial charge >= 0.3 is 0 Å². The lowest BCUT2D eigenvalue weighted by Crippen LogP contribution is -2.05. The molecule has 3 nitrogen and oxygen atoms in total. The van der Waals surface area contributed by atoms with Gasteiger partial charge in [0.2, 0.25) is 0 Å². The normalized spacial score (nSPS) is 14.7. The van der Waals surface area contributed by atoms with Gasteiger partial charge < -0.3 is 0 Å². The minimum absolute atomic E-state index is 0.0113. The van der Waals surface area contributed by atoms with Gasteiger partial charge in [-0.05, 0) is 18.4 Å². The molecule has 0 fully saturated rings. The number of non-ortho nitro benzene ring substituents is 1. The standard InChI is InChI=1S/C10H11BrClNO2/c1-6(7(2)12)9-4-3-8(13(14)15)5-10(9)11/h3-7H,1-2H3. The van der Waals surface area contributed by atoms with Crippen molar-refractivity contribution in [2.45, 2.75) is 25.1 Å². The Bertz CT molecular complexity index is 382. The summed E-state index contributed by atoms with van der Waals surface area (Å²) in [6, 6.07) is 4.74. The third-order valence-electron chi connectivity index (χ3n) is 2.37. The van der Waals surface area contributed by atoms with E-state index >= 15 is 0 Å². The summed E-state index contributed by atoms with van der Waals surface area (Å²) in [5.74, 6) is 0.154. The van der Waals surface area contributed by atoms with Crippen molar-refractivity contribution in [3.63, 3.8) is 0 Å². The summed E-state index contributed by atoms with van der Waals surface area (Å²) < 4.78 is 0.733. The molecular formula is C10H11BrClNO2. The van der Waals surface area contributed by atoms with Crippen LogP contribution in [0.15, 0.2) is 22.7 Å². The molecule has 0 amide bonds. The van der Waals surface area contributed by atoms with Crippen molar-refractivity contribution in [1.29, 1.82) is 0 Å². The maximum Gasteiger partial charge on any atom is 0.270 e. The molecule has 0 saturated carbocycles. The molecule has 1 aromatic rings. The van der Waals surface area contributed by atoms with E-state index in [0.717, 1.165) is 10.0 Å². The van der Waals surface area contributed by atoms with Gasteiger partial charge in [-0.1, -0.05) is 28.9 Å². The molecule has 0 N–H and O–H groups in total. The van der Waals surface area contributed by atoms with Crippen LogP contribution in [0.5, 0.6) is 0 Å². The minimum Gasteiger partial charge on any atom is -0.258 e. The summed E-state index contributed by atoms with van der Waals surface area (Å²) >= 11 is 9.30. The lowest BCUT2D eigenvalue weighted by Gasteiger charge is -2.15. The third kappa shape index (κ3) is 2.92. The second-order valence-electron chi connectivity index (χ2n) is 3.43. The Labute approximate surface area is 102 Å². The van der Waals surface area contributed by atoms with Gasteiger partial charge in [0.1, 0.15) is 0 Å². The van der Waals surface area contributed by atoms with E-state index in [4.69, 9.17) is 11.6 Å². The highest BCUT2D eigenvalue weighted by molar-refractivity contribution is 9.10. The van der Waals surface area contributed by atoms with E-state index in [1.807, 2.05) is 13.8 Å². The fourth-order valence-electron chi connectivity index (χ4n) is 1.25. The molecule has 0 aromatic heterocycles. The monoisotopic (exact) mass is 291 g/mol. The van der Waals surface area contributed by atoms with E-state index in [1.165, 1.54) is 12.1 Å². The fourth-order valence-corrected chi connectivity index (χ4v) is 2.11. The Morgan fingerprint density at radius 2 is 2.07 bits per heavy atom. The molecule has 0 aliphatic rings. The first-order chi connectivity index (χ1) is 6.93. The second kappa shape index (κ2) is 4.94. The molecule has 0 aliphatic carbocycles. The summed E-state index contributed by atoms with van der Waals surface area (Å²) in [6.45, 7) is 3.89. The number of benzene rings is 1. The van der Waals surface area contributed by atoms with Gasteiger partial charge in [0.15, 0.2) is 0 Å². The second-order valence-corrected chi connectivity index (χ2v) is 4.97. The summed E-state index contributed by atoms with van der Waals surface area (Å²) in [4.78, 5) is 10.1. The summed E-state index contributed by atoms with van der Waals surface area (Å²) in [5, 5.41) is 10.5. The van der Waals surface area contributed by atoms with Gasteiger partial charge in [-0.25, -0.2) is 0 Å². The quantitative estimate of drug-likeness (QED) is 0.478. The van der Waals surface area contributed by atoms with E-state index in [0.29, 0.717) is 0 Å². The Kier molecular flexibility index (Phi) is 4.11. The van der Waals surface area contributed by atoms with E-state index < -0.39 is 4.92 Å². The molecule has 2 atom stereocenters. The number of nitrogens with zero attached hydrogens (tertiary/aromatic N) is 1. The predicted octanol–water partition coefficient (Wildman–Crippen LogP) is 4.09. The van der Waals surface area contributed by atoms with Crippen LogP contribution in [0.4, 0.5) is 5.69 Å². The van der Waals surface area contributed by atoms with Gasteiger partial charge in [-0.3, -0.25) is 10.1 Å². The maximum atomic E-state index is 10.5. The molecule has 0 radical (unpaired) electrons. The van der Waals surface area contributed by atoms with Gasteiger partial charge in [0, 0.05) is 22.0 Å². The largest absolute Gasteiger partial charge is 0.270 e. The number of nitro groups is 1. The van der Waals surface area contributed by atoms with Crippen molar-refractivity contribution >= 4 is 33.2 Å². The number of hydrogen-bond donors (Lipinski definition) is 0. The van der Waals surface area contributed by atoms with Gasteiger partial charge in [-0.2, -0.15) is 0 Å². The highest BCUT2D eigenvalue weighted by atomic mass is 79.9. The highest BCUT2D eigenvalue weighted by Gasteiger charge is 2.17. The van der Waals surface area contributed by atoms with E-state index in [-0.39, 0.29) is 17.0 Å². The van der Waals surface area contributed by atoms with Crippen molar-refractivity contribution < 1.29 is 4.92 Å². The van der Waals surface area contributed by atoms with Crippen LogP contribution in [-0.2, 0) is 0 Å². The molecule has 0 bridgehead atoms. The van der Waals surface area contributed by atoms with Crippen LogP contribution in [0.3, 0.4) is 0 Å². The molecule has 2 unspecified atom stereocenters. The minimum atomic E-state index is -0.413. The first kappa shape index (κ1) is 12.5. The topological polar surface area (TPSA) is 43.1 Å². The van der Waals surface area contributed by atoms with Crippen LogP contribution in [0.25, 0.3) is 0 Å². The molecule has 15 heavy (non-hydrogen) atoms. The van der Waals surface area contributed by atoms with Crippen molar-refractivity contribution in [3.05, 3.63) is 38.3 Å². The maximum absolute atomic E-state index is 10.5. The average molecular weight is 293 g/mol. The number of alkyl halides is 1. The first-order valence-electron chi connectivity index (χ1n) is 4.51. The SMILES string of the molecule is CC(Cl)C(C)c1ccc([N+](=O)[O-])cc1Br. The zero-order chi connectivity index (χ0) is 11.6. The van der Waals surface area contributed by atoms with Crippen molar-refractivity contribution in [2.24, 2.45) is 0 Å². The Morgan fingerprint density at radius 3 is 2.47 bits per heavy atom. The van der Waals surface area contributed by atoms with E-state index in [9.17, 15) is 10.1 Å². The van der Waals surface area contributed by atoms with Crippen LogP contribution >= 0.6 is 27.5 Å². The zero-order valence-corrected chi connectivity index (χ0v) is 10.7. The smallest absolute Gasteiger partial charge is 0.258 e. The van der Waals surface area contributed by atoms with Crippen LogP contribution in [0, 0.1) is 10.1 Å². The summed E-state index contributed by atoms with van der Waals surface area (Å²) in [6.07, 6.45) is 0. The number of hydrogen-bond acceptors (Lipinski definition) is 2. The third-order valence-corrected chi connectivity index (χ3v) is 3.44. The Morgan fingerprint density at radius 1 is 1.47 bits per heavy atom. The lowest BCUT2D eigenvalue weighted by atomic mass is 9.98. The molecule has 0 saturated heterocycles. The average Bonchev–Trinajstić information content (AvgIpc) is 2.16. The van der Waals surface area contributed by atoms with Crippen LogP contribution in [0.2, 0.25) is 0 Å². The molecule has 0 heterocycles. The molecular weight excluding hydrogens is 281 g/mol. The zero-order valence-electron chi connectivity index (χ0n) is 8.41. The Balaban J connectivity index is 3.08. The number of halogens is 2. The summed E-state index contributed by atoms with van der Waals surface area (Å²) in [5.41, 5.74) is 1.07. The van der Waals surface area contributed by atoms with Crippen molar-refractivity contribution in [2.75, 3.05) is 0 Å². The molecule has 0 aliphatic heterocycles. The fraction of sp³-hybridized carbons (Fsp3) is 0.400. The van der Waals surface area contributed by atoms with Gasteiger partial charge in [0.25, 0.3) is 5.69 Å².